The summed E-state index contributed by atoms with van der Waals surface area (Å²) >= 11 is 5.95. The third-order valence-corrected chi connectivity index (χ3v) is 3.57. The van der Waals surface area contributed by atoms with E-state index in [4.69, 9.17) is 17.3 Å². The topological polar surface area (TPSA) is 55.0 Å². The van der Waals surface area contributed by atoms with Gasteiger partial charge in [-0.05, 0) is 24.0 Å². The first kappa shape index (κ1) is 12.2. The van der Waals surface area contributed by atoms with Crippen molar-refractivity contribution in [1.29, 1.82) is 0 Å². The maximum Gasteiger partial charge on any atom is 0.223 e. The Bertz CT molecular complexity index is 579. The highest BCUT2D eigenvalue weighted by Gasteiger charge is 2.16. The van der Waals surface area contributed by atoms with E-state index in [9.17, 15) is 0 Å². The maximum atomic E-state index is 5.95. The van der Waals surface area contributed by atoms with E-state index in [0.717, 1.165) is 31.7 Å². The van der Waals surface area contributed by atoms with Gasteiger partial charge in [-0.3, -0.25) is 0 Å². The fourth-order valence-electron chi connectivity index (χ4n) is 2.48. The molecule has 0 saturated carbocycles. The van der Waals surface area contributed by atoms with Gasteiger partial charge in [0.05, 0.1) is 0 Å². The van der Waals surface area contributed by atoms with Gasteiger partial charge in [0.1, 0.15) is 11.0 Å². The quantitative estimate of drug-likeness (QED) is 0.813. The number of nitrogen functional groups attached to an aromatic ring is 1. The maximum absolute atomic E-state index is 5.95. The van der Waals surface area contributed by atoms with Crippen LogP contribution in [-0.2, 0) is 13.0 Å². The molecule has 2 N–H and O–H groups in total. The van der Waals surface area contributed by atoms with Gasteiger partial charge in [0, 0.05) is 19.2 Å². The second-order valence-corrected chi connectivity index (χ2v) is 5.09. The van der Waals surface area contributed by atoms with Crippen molar-refractivity contribution in [3.05, 3.63) is 46.6 Å². The summed E-state index contributed by atoms with van der Waals surface area (Å²) in [6.07, 6.45) is 2.19. The second-order valence-electron chi connectivity index (χ2n) is 4.70. The van der Waals surface area contributed by atoms with Crippen molar-refractivity contribution in [1.82, 2.24) is 9.97 Å². The predicted octanol–water partition coefficient (Wildman–Crippen LogP) is 2.67. The fraction of sp³-hybridized carbons (Fsp3) is 0.286. The molecule has 0 spiro atoms. The number of hydrogen-bond acceptors (Lipinski definition) is 4. The number of halogens is 1. The summed E-state index contributed by atoms with van der Waals surface area (Å²) in [4.78, 5) is 10.4. The molecule has 4 nitrogen and oxygen atoms in total. The molecule has 2 heterocycles. The van der Waals surface area contributed by atoms with Gasteiger partial charge in [-0.1, -0.05) is 35.9 Å². The molecule has 0 saturated heterocycles. The van der Waals surface area contributed by atoms with E-state index >= 15 is 0 Å². The van der Waals surface area contributed by atoms with Crippen LogP contribution in [-0.4, -0.2) is 16.5 Å². The third-order valence-electron chi connectivity index (χ3n) is 3.38. The SMILES string of the molecule is Nc1nc(Cl)cc(N2CCCc3ccccc3C2)n1. The van der Waals surface area contributed by atoms with Crippen LogP contribution in [0, 0.1) is 0 Å². The van der Waals surface area contributed by atoms with Crippen LogP contribution in [0.25, 0.3) is 0 Å². The van der Waals surface area contributed by atoms with Crippen LogP contribution in [0.4, 0.5) is 11.8 Å². The average Bonchev–Trinajstić information content (AvgIpc) is 2.59. The molecule has 1 aromatic heterocycles. The van der Waals surface area contributed by atoms with Gasteiger partial charge >= 0.3 is 0 Å². The summed E-state index contributed by atoms with van der Waals surface area (Å²) in [5.41, 5.74) is 8.42. The molecular formula is C14H15ClN4. The van der Waals surface area contributed by atoms with E-state index in [-0.39, 0.29) is 5.95 Å². The molecule has 0 amide bonds. The molecule has 1 aromatic carbocycles. The van der Waals surface area contributed by atoms with E-state index in [1.54, 1.807) is 6.07 Å². The summed E-state index contributed by atoms with van der Waals surface area (Å²) in [6, 6.07) is 10.3. The minimum atomic E-state index is 0.222. The molecule has 0 unspecified atom stereocenters. The predicted molar refractivity (Wildman–Crippen MR) is 77.3 cm³/mol. The molecule has 1 aliphatic rings. The molecule has 0 fully saturated rings. The van der Waals surface area contributed by atoms with Crippen molar-refractivity contribution < 1.29 is 0 Å². The van der Waals surface area contributed by atoms with E-state index in [0.29, 0.717) is 5.15 Å². The fourth-order valence-corrected chi connectivity index (χ4v) is 2.67. The molecule has 0 atom stereocenters. The van der Waals surface area contributed by atoms with Crippen LogP contribution in [0.2, 0.25) is 5.15 Å². The van der Waals surface area contributed by atoms with Gasteiger partial charge in [0.15, 0.2) is 0 Å². The Morgan fingerprint density at radius 3 is 2.74 bits per heavy atom. The first-order valence-electron chi connectivity index (χ1n) is 6.34. The molecule has 5 heteroatoms. The Balaban J connectivity index is 1.94. The lowest BCUT2D eigenvalue weighted by atomic mass is 10.0. The van der Waals surface area contributed by atoms with Crippen LogP contribution in [0.3, 0.4) is 0 Å². The van der Waals surface area contributed by atoms with Crippen molar-refractivity contribution in [3.63, 3.8) is 0 Å². The summed E-state index contributed by atoms with van der Waals surface area (Å²) in [6.45, 7) is 1.78. The lowest BCUT2D eigenvalue weighted by Crippen LogP contribution is -2.24. The van der Waals surface area contributed by atoms with Crippen molar-refractivity contribution >= 4 is 23.4 Å². The van der Waals surface area contributed by atoms with Crippen molar-refractivity contribution in [2.45, 2.75) is 19.4 Å². The monoisotopic (exact) mass is 274 g/mol. The number of hydrogen-bond donors (Lipinski definition) is 1. The molecule has 3 rings (SSSR count). The summed E-state index contributed by atoms with van der Waals surface area (Å²) in [7, 11) is 0. The number of aryl methyl sites for hydroxylation is 1. The summed E-state index contributed by atoms with van der Waals surface area (Å²) < 4.78 is 0. The van der Waals surface area contributed by atoms with Gasteiger partial charge in [-0.2, -0.15) is 4.98 Å². The summed E-state index contributed by atoms with van der Waals surface area (Å²) in [5, 5.41) is 0.389. The van der Waals surface area contributed by atoms with Gasteiger partial charge in [0.25, 0.3) is 0 Å². The lowest BCUT2D eigenvalue weighted by Gasteiger charge is -2.22. The van der Waals surface area contributed by atoms with E-state index in [1.807, 2.05) is 0 Å². The van der Waals surface area contributed by atoms with E-state index in [2.05, 4.69) is 39.1 Å². The minimum Gasteiger partial charge on any atom is -0.368 e. The number of fused-ring (bicyclic) bond motifs is 1. The molecule has 19 heavy (non-hydrogen) atoms. The lowest BCUT2D eigenvalue weighted by molar-refractivity contribution is 0.754. The van der Waals surface area contributed by atoms with Gasteiger partial charge in [-0.15, -0.1) is 0 Å². The van der Waals surface area contributed by atoms with Gasteiger partial charge < -0.3 is 10.6 Å². The van der Waals surface area contributed by atoms with E-state index < -0.39 is 0 Å². The highest BCUT2D eigenvalue weighted by Crippen LogP contribution is 2.24. The van der Waals surface area contributed by atoms with Crippen LogP contribution < -0.4 is 10.6 Å². The number of aromatic nitrogens is 2. The molecule has 1 aliphatic heterocycles. The Hall–Kier alpha value is -1.81. The first-order valence-corrected chi connectivity index (χ1v) is 6.72. The van der Waals surface area contributed by atoms with Crippen molar-refractivity contribution in [3.8, 4) is 0 Å². The number of nitrogens with two attached hydrogens (primary N) is 1. The number of rotatable bonds is 1. The Kier molecular flexibility index (Phi) is 3.25. The molecular weight excluding hydrogens is 260 g/mol. The normalized spacial score (nSPS) is 14.9. The molecule has 0 aliphatic carbocycles. The minimum absolute atomic E-state index is 0.222. The zero-order valence-electron chi connectivity index (χ0n) is 10.5. The second kappa shape index (κ2) is 5.05. The highest BCUT2D eigenvalue weighted by atomic mass is 35.5. The highest BCUT2D eigenvalue weighted by molar-refractivity contribution is 6.29. The number of nitrogens with zero attached hydrogens (tertiary/aromatic N) is 3. The van der Waals surface area contributed by atoms with Crippen LogP contribution in [0.5, 0.6) is 0 Å². The Morgan fingerprint density at radius 1 is 1.16 bits per heavy atom. The zero-order chi connectivity index (χ0) is 13.2. The Morgan fingerprint density at radius 2 is 1.95 bits per heavy atom. The number of benzene rings is 1. The smallest absolute Gasteiger partial charge is 0.223 e. The van der Waals surface area contributed by atoms with Crippen molar-refractivity contribution in [2.24, 2.45) is 0 Å². The van der Waals surface area contributed by atoms with Crippen LogP contribution in [0.1, 0.15) is 17.5 Å². The van der Waals surface area contributed by atoms with Gasteiger partial charge in [-0.25, -0.2) is 4.98 Å². The molecule has 2 aromatic rings. The first-order chi connectivity index (χ1) is 9.22. The van der Waals surface area contributed by atoms with Crippen molar-refractivity contribution in [2.75, 3.05) is 17.2 Å². The van der Waals surface area contributed by atoms with Crippen LogP contribution in [0.15, 0.2) is 30.3 Å². The third kappa shape index (κ3) is 2.63. The summed E-state index contributed by atoms with van der Waals surface area (Å²) in [5.74, 6) is 1.02. The molecule has 98 valence electrons. The van der Waals surface area contributed by atoms with Gasteiger partial charge in [0.2, 0.25) is 5.95 Å². The zero-order valence-corrected chi connectivity index (χ0v) is 11.3. The largest absolute Gasteiger partial charge is 0.368 e. The molecule has 0 radical (unpaired) electrons. The van der Waals surface area contributed by atoms with E-state index in [1.165, 1.54) is 11.1 Å². The standard InChI is InChI=1S/C14H15ClN4/c15-12-8-13(18-14(16)17-12)19-7-3-6-10-4-1-2-5-11(10)9-19/h1-2,4-5,8H,3,6-7,9H2,(H2,16,17,18). The average molecular weight is 275 g/mol. The number of anilines is 2. The molecule has 0 bridgehead atoms. The Labute approximate surface area is 117 Å². The van der Waals surface area contributed by atoms with Crippen LogP contribution >= 0.6 is 11.6 Å².